The third kappa shape index (κ3) is 4.91. The van der Waals surface area contributed by atoms with Gasteiger partial charge in [0.05, 0.1) is 6.54 Å². The van der Waals surface area contributed by atoms with Crippen molar-refractivity contribution in [2.45, 2.75) is 46.1 Å². The Morgan fingerprint density at radius 3 is 2.54 bits per heavy atom. The van der Waals surface area contributed by atoms with E-state index in [9.17, 15) is 4.79 Å². The number of carbonyl (C=O) groups is 1. The van der Waals surface area contributed by atoms with E-state index in [1.54, 1.807) is 0 Å². The number of hydrogen-bond donors (Lipinski definition) is 0. The van der Waals surface area contributed by atoms with Crippen LogP contribution in [0.3, 0.4) is 0 Å². The molecule has 3 rings (SSSR count). The number of aromatic nitrogens is 2. The van der Waals surface area contributed by atoms with Crippen LogP contribution in [-0.2, 0) is 11.3 Å². The lowest BCUT2D eigenvalue weighted by atomic mass is 10.1. The first-order chi connectivity index (χ1) is 12.7. The normalized spacial score (nSPS) is 15.4. The topological polar surface area (TPSA) is 62.5 Å². The molecule has 140 valence electrons. The molecule has 0 atom stereocenters. The minimum atomic E-state index is 0.291. The highest BCUT2D eigenvalue weighted by atomic mass is 16.5. The van der Waals surface area contributed by atoms with Gasteiger partial charge in [-0.3, -0.25) is 9.69 Å². The molecule has 1 aliphatic rings. The van der Waals surface area contributed by atoms with Crippen LogP contribution in [0.15, 0.2) is 28.8 Å². The zero-order valence-corrected chi connectivity index (χ0v) is 15.8. The molecule has 1 amide bonds. The summed E-state index contributed by atoms with van der Waals surface area (Å²) in [5, 5.41) is 4.10. The maximum Gasteiger partial charge on any atom is 0.257 e. The highest BCUT2D eigenvalue weighted by Gasteiger charge is 2.22. The molecule has 6 nitrogen and oxygen atoms in total. The van der Waals surface area contributed by atoms with Gasteiger partial charge in [-0.25, -0.2) is 0 Å². The second kappa shape index (κ2) is 8.94. The van der Waals surface area contributed by atoms with Crippen molar-refractivity contribution in [2.24, 2.45) is 0 Å². The summed E-state index contributed by atoms with van der Waals surface area (Å²) in [5.41, 5.74) is 2.15. The molecule has 0 unspecified atom stereocenters. The highest BCUT2D eigenvalue weighted by molar-refractivity contribution is 5.76. The zero-order valence-electron chi connectivity index (χ0n) is 15.8. The maximum absolute atomic E-state index is 12.2. The summed E-state index contributed by atoms with van der Waals surface area (Å²) >= 11 is 0. The van der Waals surface area contributed by atoms with Crippen LogP contribution in [0.2, 0.25) is 0 Å². The molecule has 0 radical (unpaired) electrons. The summed E-state index contributed by atoms with van der Waals surface area (Å²) in [4.78, 5) is 21.0. The summed E-state index contributed by atoms with van der Waals surface area (Å²) in [6, 6.07) is 8.07. The molecule has 0 N–H and O–H groups in total. The van der Waals surface area contributed by atoms with Crippen LogP contribution in [0.1, 0.15) is 44.0 Å². The average Bonchev–Trinajstić information content (AvgIpc) is 3.11. The molecule has 2 heterocycles. The Balaban J connectivity index is 1.47. The van der Waals surface area contributed by atoms with Crippen molar-refractivity contribution in [1.82, 2.24) is 19.9 Å². The van der Waals surface area contributed by atoms with E-state index >= 15 is 0 Å². The number of carbonyl (C=O) groups excluding carboxylic acids is 1. The summed E-state index contributed by atoms with van der Waals surface area (Å²) < 4.78 is 5.39. The Kier molecular flexibility index (Phi) is 6.39. The summed E-state index contributed by atoms with van der Waals surface area (Å²) in [5.74, 6) is 1.55. The standard InChI is InChI=1S/C20H28N4O2/c1-3-4-5-6-19(25)24-13-11-23(12-14-24)15-18-21-20(26-22-18)17-9-7-16(2)8-10-17/h7-10H,3-6,11-15H2,1-2H3. The first-order valence-corrected chi connectivity index (χ1v) is 9.55. The van der Waals surface area contributed by atoms with Crippen LogP contribution in [0, 0.1) is 6.92 Å². The van der Waals surface area contributed by atoms with E-state index in [0.29, 0.717) is 30.6 Å². The predicted molar refractivity (Wildman–Crippen MR) is 100 cm³/mol. The van der Waals surface area contributed by atoms with Crippen molar-refractivity contribution in [1.29, 1.82) is 0 Å². The van der Waals surface area contributed by atoms with Crippen molar-refractivity contribution < 1.29 is 9.32 Å². The van der Waals surface area contributed by atoms with Gasteiger partial charge in [-0.2, -0.15) is 4.98 Å². The van der Waals surface area contributed by atoms with Crippen LogP contribution >= 0.6 is 0 Å². The first-order valence-electron chi connectivity index (χ1n) is 9.55. The predicted octanol–water partition coefficient (Wildman–Crippen LogP) is 3.27. The first kappa shape index (κ1) is 18.6. The van der Waals surface area contributed by atoms with Crippen LogP contribution in [0.5, 0.6) is 0 Å². The highest BCUT2D eigenvalue weighted by Crippen LogP contribution is 2.18. The summed E-state index contributed by atoms with van der Waals surface area (Å²) in [6.07, 6.45) is 3.96. The lowest BCUT2D eigenvalue weighted by Crippen LogP contribution is -2.48. The minimum Gasteiger partial charge on any atom is -0.340 e. The van der Waals surface area contributed by atoms with Gasteiger partial charge in [0.1, 0.15) is 0 Å². The van der Waals surface area contributed by atoms with Crippen LogP contribution < -0.4 is 0 Å². The van der Waals surface area contributed by atoms with Crippen molar-refractivity contribution >= 4 is 5.91 Å². The van der Waals surface area contributed by atoms with Gasteiger partial charge >= 0.3 is 0 Å². The molecule has 1 fully saturated rings. The number of rotatable bonds is 7. The molecule has 1 aromatic heterocycles. The van der Waals surface area contributed by atoms with Crippen molar-refractivity contribution in [3.8, 4) is 11.5 Å². The van der Waals surface area contributed by atoms with Gasteiger partial charge in [0.25, 0.3) is 5.89 Å². The number of hydrogen-bond acceptors (Lipinski definition) is 5. The number of amides is 1. The van der Waals surface area contributed by atoms with E-state index in [1.165, 1.54) is 5.56 Å². The quantitative estimate of drug-likeness (QED) is 0.713. The molecule has 1 saturated heterocycles. The van der Waals surface area contributed by atoms with Gasteiger partial charge in [0.2, 0.25) is 5.91 Å². The van der Waals surface area contributed by atoms with Gasteiger partial charge in [-0.1, -0.05) is 42.6 Å². The molecule has 1 aliphatic heterocycles. The minimum absolute atomic E-state index is 0.291. The fourth-order valence-corrected chi connectivity index (χ4v) is 3.17. The van der Waals surface area contributed by atoms with Gasteiger partial charge in [0, 0.05) is 38.2 Å². The molecule has 1 aromatic carbocycles. The van der Waals surface area contributed by atoms with Gasteiger partial charge in [0.15, 0.2) is 5.82 Å². The largest absolute Gasteiger partial charge is 0.340 e. The number of piperazine rings is 1. The molecular weight excluding hydrogens is 328 g/mol. The molecule has 0 saturated carbocycles. The fourth-order valence-electron chi connectivity index (χ4n) is 3.17. The van der Waals surface area contributed by atoms with Crippen LogP contribution in [0.4, 0.5) is 0 Å². The van der Waals surface area contributed by atoms with Crippen LogP contribution in [0.25, 0.3) is 11.5 Å². The Morgan fingerprint density at radius 2 is 1.85 bits per heavy atom. The Hall–Kier alpha value is -2.21. The molecule has 26 heavy (non-hydrogen) atoms. The van der Waals surface area contributed by atoms with Crippen LogP contribution in [-0.4, -0.2) is 52.0 Å². The fraction of sp³-hybridized carbons (Fsp3) is 0.550. The second-order valence-corrected chi connectivity index (χ2v) is 7.00. The van der Waals surface area contributed by atoms with E-state index in [1.807, 2.05) is 29.2 Å². The number of benzene rings is 1. The van der Waals surface area contributed by atoms with E-state index < -0.39 is 0 Å². The number of nitrogens with zero attached hydrogens (tertiary/aromatic N) is 4. The van der Waals surface area contributed by atoms with Crippen molar-refractivity contribution in [3.05, 3.63) is 35.7 Å². The molecular formula is C20H28N4O2. The third-order valence-corrected chi connectivity index (χ3v) is 4.85. The summed E-state index contributed by atoms with van der Waals surface area (Å²) in [7, 11) is 0. The SMILES string of the molecule is CCCCCC(=O)N1CCN(Cc2noc(-c3ccc(C)cc3)n2)CC1. The number of aryl methyl sites for hydroxylation is 1. The molecule has 0 bridgehead atoms. The average molecular weight is 356 g/mol. The maximum atomic E-state index is 12.2. The molecule has 2 aromatic rings. The molecule has 0 spiro atoms. The van der Waals surface area contributed by atoms with Gasteiger partial charge in [-0.15, -0.1) is 0 Å². The van der Waals surface area contributed by atoms with Gasteiger partial charge in [-0.05, 0) is 25.5 Å². The number of unbranched alkanes of at least 4 members (excludes halogenated alkanes) is 2. The Bertz CT molecular complexity index is 703. The van der Waals surface area contributed by atoms with E-state index in [4.69, 9.17) is 4.52 Å². The summed E-state index contributed by atoms with van der Waals surface area (Å²) in [6.45, 7) is 8.15. The Labute approximate surface area is 155 Å². The third-order valence-electron chi connectivity index (χ3n) is 4.85. The molecule has 0 aliphatic carbocycles. The Morgan fingerprint density at radius 1 is 1.12 bits per heavy atom. The smallest absolute Gasteiger partial charge is 0.257 e. The monoisotopic (exact) mass is 356 g/mol. The van der Waals surface area contributed by atoms with E-state index in [0.717, 1.165) is 51.0 Å². The lowest BCUT2D eigenvalue weighted by molar-refractivity contribution is -0.133. The second-order valence-electron chi connectivity index (χ2n) is 7.00. The lowest BCUT2D eigenvalue weighted by Gasteiger charge is -2.34. The molecule has 6 heteroatoms. The van der Waals surface area contributed by atoms with E-state index in [2.05, 4.69) is 28.9 Å². The zero-order chi connectivity index (χ0) is 18.4. The van der Waals surface area contributed by atoms with Gasteiger partial charge < -0.3 is 9.42 Å². The van der Waals surface area contributed by atoms with Crippen molar-refractivity contribution in [3.63, 3.8) is 0 Å². The van der Waals surface area contributed by atoms with E-state index in [-0.39, 0.29) is 0 Å². The van der Waals surface area contributed by atoms with Crippen molar-refractivity contribution in [2.75, 3.05) is 26.2 Å².